The molecule has 4 saturated heterocycles. The van der Waals surface area contributed by atoms with Crippen LogP contribution in [0.2, 0.25) is 0 Å². The number of aliphatic hydroxyl groups excluding tert-OH is 2. The molecule has 1 unspecified atom stereocenters. The number of anilines is 1. The number of likely N-dealkylation sites (N-methyl/N-ethyl adjacent to an activating group) is 2. The van der Waals surface area contributed by atoms with Crippen LogP contribution in [-0.4, -0.2) is 59.2 Å². The van der Waals surface area contributed by atoms with Gasteiger partial charge in [0.15, 0.2) is 6.23 Å². The van der Waals surface area contributed by atoms with Crippen LogP contribution in [0.15, 0.2) is 24.3 Å². The second-order valence-electron chi connectivity index (χ2n) is 9.58. The van der Waals surface area contributed by atoms with E-state index in [9.17, 15) is 10.2 Å². The Balaban J connectivity index is 0.00000150. The minimum atomic E-state index is -0.273. The number of rotatable bonds is 1. The quantitative estimate of drug-likeness (QED) is 0.599. The first kappa shape index (κ1) is 17.3. The van der Waals surface area contributed by atoms with Gasteiger partial charge in [0, 0.05) is 37.4 Å². The number of aliphatic hydroxyl groups is 2. The third-order valence-corrected chi connectivity index (χ3v) is 9.39. The lowest BCUT2D eigenvalue weighted by atomic mass is 9.61. The summed E-state index contributed by atoms with van der Waals surface area (Å²) >= 11 is 0. The summed E-state index contributed by atoms with van der Waals surface area (Å²) in [5, 5.41) is 23.1. The van der Waals surface area contributed by atoms with E-state index in [0.29, 0.717) is 35.9 Å². The third kappa shape index (κ3) is 1.44. The zero-order valence-corrected chi connectivity index (χ0v) is 16.5. The molecule has 5 heterocycles. The van der Waals surface area contributed by atoms with Crippen LogP contribution in [-0.2, 0) is 5.41 Å². The van der Waals surface area contributed by atoms with Gasteiger partial charge in [-0.2, -0.15) is 0 Å². The molecule has 0 radical (unpaired) electrons. The predicted octanol–water partition coefficient (Wildman–Crippen LogP) is -1.30. The Morgan fingerprint density at radius 2 is 1.96 bits per heavy atom. The van der Waals surface area contributed by atoms with Crippen molar-refractivity contribution in [3.8, 4) is 0 Å². The number of hydrogen-bond donors (Lipinski definition) is 2. The first-order valence-electron chi connectivity index (χ1n) is 10.0. The fourth-order valence-electron chi connectivity index (χ4n) is 8.58. The highest BCUT2D eigenvalue weighted by atomic mass is 35.5. The van der Waals surface area contributed by atoms with E-state index in [1.165, 1.54) is 11.3 Å². The van der Waals surface area contributed by atoms with Crippen LogP contribution in [0.4, 0.5) is 5.69 Å². The number of fused-ring (bicyclic) bond motifs is 2. The highest BCUT2D eigenvalue weighted by Gasteiger charge is 2.82. The predicted molar refractivity (Wildman–Crippen MR) is 96.1 cm³/mol. The van der Waals surface area contributed by atoms with E-state index in [-0.39, 0.29) is 30.2 Å². The maximum atomic E-state index is 11.7. The van der Waals surface area contributed by atoms with Gasteiger partial charge in [-0.05, 0) is 24.0 Å². The lowest BCUT2D eigenvalue weighted by molar-refractivity contribution is -1.02. The van der Waals surface area contributed by atoms with Crippen LogP contribution < -0.4 is 17.3 Å². The van der Waals surface area contributed by atoms with Gasteiger partial charge in [-0.1, -0.05) is 25.1 Å². The Bertz CT molecular complexity index is 774. The normalized spacial score (nSPS) is 54.9. The Kier molecular flexibility index (Phi) is 3.30. The van der Waals surface area contributed by atoms with E-state index in [4.69, 9.17) is 0 Å². The molecule has 10 atom stereocenters. The van der Waals surface area contributed by atoms with Crippen molar-refractivity contribution < 1.29 is 27.1 Å². The second kappa shape index (κ2) is 4.96. The molecule has 5 aliphatic heterocycles. The zero-order valence-electron chi connectivity index (χ0n) is 15.7. The van der Waals surface area contributed by atoms with Gasteiger partial charge in [0.2, 0.25) is 0 Å². The van der Waals surface area contributed by atoms with Crippen molar-refractivity contribution in [3.63, 3.8) is 0 Å². The molecule has 6 aliphatic rings. The molecule has 1 saturated carbocycles. The van der Waals surface area contributed by atoms with Crippen molar-refractivity contribution in [2.75, 3.05) is 19.0 Å². The monoisotopic (exact) mass is 376 g/mol. The summed E-state index contributed by atoms with van der Waals surface area (Å²) in [5.74, 6) is 1.17. The minimum absolute atomic E-state index is 0. The largest absolute Gasteiger partial charge is 1.00 e. The smallest absolute Gasteiger partial charge is 0.193 e. The van der Waals surface area contributed by atoms with Gasteiger partial charge in [-0.25, -0.2) is 0 Å². The van der Waals surface area contributed by atoms with E-state index in [2.05, 4.69) is 50.2 Å². The second-order valence-corrected chi connectivity index (χ2v) is 9.58. The van der Waals surface area contributed by atoms with Crippen LogP contribution in [0.1, 0.15) is 31.7 Å². The number of halogens is 1. The molecule has 1 aliphatic carbocycles. The molecule has 1 aromatic carbocycles. The first-order valence-corrected chi connectivity index (χ1v) is 10.0. The van der Waals surface area contributed by atoms with Crippen molar-refractivity contribution in [3.05, 3.63) is 29.8 Å². The number of benzene rings is 1. The molecule has 142 valence electrons. The molecule has 1 aromatic rings. The SMILES string of the molecule is CC[C@@H]1[C@@H]2C[C@H]3[C@@H]4N(C)c5ccccc5[C@]45C[C@@H]([C@H]2[C@H]5O)[N+]3(C)[C@H]1O.[Cl-]. The maximum Gasteiger partial charge on any atom is 0.193 e. The van der Waals surface area contributed by atoms with Crippen LogP contribution in [0.3, 0.4) is 0 Å². The van der Waals surface area contributed by atoms with E-state index < -0.39 is 0 Å². The van der Waals surface area contributed by atoms with Crippen LogP contribution >= 0.6 is 0 Å². The molecule has 0 amide bonds. The summed E-state index contributed by atoms with van der Waals surface area (Å²) in [6.45, 7) is 2.21. The lowest BCUT2D eigenvalue weighted by Gasteiger charge is -2.66. The number of nitrogens with zero attached hydrogens (tertiary/aromatic N) is 2. The van der Waals surface area contributed by atoms with E-state index in [0.717, 1.165) is 23.7 Å². The molecule has 26 heavy (non-hydrogen) atoms. The molecule has 1 spiro atoms. The van der Waals surface area contributed by atoms with Gasteiger partial charge >= 0.3 is 0 Å². The number of para-hydroxylation sites is 1. The van der Waals surface area contributed by atoms with Crippen LogP contribution in [0.25, 0.3) is 0 Å². The lowest BCUT2D eigenvalue weighted by Crippen LogP contribution is -3.00. The highest BCUT2D eigenvalue weighted by Crippen LogP contribution is 2.70. The van der Waals surface area contributed by atoms with Crippen molar-refractivity contribution in [1.29, 1.82) is 0 Å². The Morgan fingerprint density at radius 1 is 1.23 bits per heavy atom. The fraction of sp³-hybridized carbons (Fsp3) is 0.714. The maximum absolute atomic E-state index is 11.7. The molecule has 5 heteroatoms. The summed E-state index contributed by atoms with van der Waals surface area (Å²) in [4.78, 5) is 2.44. The molecule has 7 rings (SSSR count). The Morgan fingerprint density at radius 3 is 2.69 bits per heavy atom. The molecule has 5 fully saturated rings. The number of piperidine rings is 4. The molecule has 2 N–H and O–H groups in total. The third-order valence-electron chi connectivity index (χ3n) is 9.39. The van der Waals surface area contributed by atoms with Crippen LogP contribution in [0, 0.1) is 17.8 Å². The van der Waals surface area contributed by atoms with Crippen molar-refractivity contribution in [2.24, 2.45) is 17.8 Å². The Labute approximate surface area is 161 Å². The van der Waals surface area contributed by atoms with E-state index >= 15 is 0 Å². The number of hydrogen-bond acceptors (Lipinski definition) is 3. The molecule has 0 aromatic heterocycles. The fourth-order valence-corrected chi connectivity index (χ4v) is 8.58. The minimum Gasteiger partial charge on any atom is -1.00 e. The van der Waals surface area contributed by atoms with Gasteiger partial charge in [0.1, 0.15) is 6.04 Å². The Hall–Kier alpha value is -0.810. The van der Waals surface area contributed by atoms with E-state index in [1.807, 2.05) is 0 Å². The van der Waals surface area contributed by atoms with Crippen molar-refractivity contribution >= 4 is 5.69 Å². The summed E-state index contributed by atoms with van der Waals surface area (Å²) in [6.07, 6.45) is 2.67. The van der Waals surface area contributed by atoms with Gasteiger partial charge in [0.25, 0.3) is 0 Å². The van der Waals surface area contributed by atoms with E-state index in [1.54, 1.807) is 0 Å². The average molecular weight is 377 g/mol. The van der Waals surface area contributed by atoms with Gasteiger partial charge in [0.05, 0.1) is 30.7 Å². The standard InChI is InChI=1S/C21H29N2O2.ClH/c1-4-11-12-9-15-18-21(13-7-5-6-8-14(13)22(18)2)10-16(17(12)19(21)24)23(15,3)20(11)25;/h5-8,11-12,15-20,24-25H,4,9-10H2,1-3H3;1H/q+1;/p-1/t11-,12+,15+,16+,17+,18+,19-,20+,21-,23?;/m1./s1. The topological polar surface area (TPSA) is 43.7 Å². The van der Waals surface area contributed by atoms with Crippen LogP contribution in [0.5, 0.6) is 0 Å². The van der Waals surface area contributed by atoms with Gasteiger partial charge in [-0.15, -0.1) is 0 Å². The first-order chi connectivity index (χ1) is 12.0. The summed E-state index contributed by atoms with van der Waals surface area (Å²) in [5.41, 5.74) is 2.54. The highest BCUT2D eigenvalue weighted by molar-refractivity contribution is 5.66. The molecular formula is C21H29ClN2O2. The van der Waals surface area contributed by atoms with Crippen molar-refractivity contribution in [2.45, 2.75) is 62.1 Å². The molecule has 4 nitrogen and oxygen atoms in total. The van der Waals surface area contributed by atoms with Gasteiger partial charge in [-0.3, -0.25) is 4.48 Å². The zero-order chi connectivity index (χ0) is 17.3. The molecule has 5 bridgehead atoms. The average Bonchev–Trinajstić information content (AvgIpc) is 2.99. The van der Waals surface area contributed by atoms with Crippen molar-refractivity contribution in [1.82, 2.24) is 0 Å². The summed E-state index contributed by atoms with van der Waals surface area (Å²) < 4.78 is 0.779. The molecular weight excluding hydrogens is 348 g/mol. The van der Waals surface area contributed by atoms with Gasteiger partial charge < -0.3 is 27.5 Å². The summed E-state index contributed by atoms with van der Waals surface area (Å²) in [6, 6.07) is 9.87. The number of quaternary nitrogens is 1. The summed E-state index contributed by atoms with van der Waals surface area (Å²) in [7, 11) is 4.51.